The summed E-state index contributed by atoms with van der Waals surface area (Å²) in [5.41, 5.74) is 1.74. The van der Waals surface area contributed by atoms with E-state index >= 15 is 0 Å². The molecule has 38 heavy (non-hydrogen) atoms. The minimum atomic E-state index is -2.68. The number of carbonyl (C=O) groups is 2. The van der Waals surface area contributed by atoms with Gasteiger partial charge in [-0.2, -0.15) is 10.2 Å². The monoisotopic (exact) mass is 528 g/mol. The summed E-state index contributed by atoms with van der Waals surface area (Å²) in [4.78, 5) is 34.2. The molecule has 0 aromatic carbocycles. The largest absolute Gasteiger partial charge is 0.356 e. The summed E-state index contributed by atoms with van der Waals surface area (Å²) in [5, 5.41) is 14.8. The Morgan fingerprint density at radius 3 is 2.87 bits per heavy atom. The van der Waals surface area contributed by atoms with Crippen molar-refractivity contribution in [1.82, 2.24) is 40.0 Å². The van der Waals surface area contributed by atoms with Gasteiger partial charge in [-0.3, -0.25) is 14.3 Å². The Bertz CT molecular complexity index is 1280. The fourth-order valence-electron chi connectivity index (χ4n) is 5.56. The van der Waals surface area contributed by atoms with Gasteiger partial charge >= 0.3 is 0 Å². The summed E-state index contributed by atoms with van der Waals surface area (Å²) in [6, 6.07) is 1.08. The van der Waals surface area contributed by atoms with E-state index in [0.717, 1.165) is 37.9 Å². The number of nitrogens with one attached hydrogen (secondary N) is 2. The molecule has 0 spiro atoms. The molecule has 0 radical (unpaired) electrons. The summed E-state index contributed by atoms with van der Waals surface area (Å²) in [7, 11) is 0. The van der Waals surface area contributed by atoms with Crippen LogP contribution < -0.4 is 10.6 Å². The molecule has 5 rings (SSSR count). The highest BCUT2D eigenvalue weighted by molar-refractivity contribution is 5.92. The molecule has 1 aliphatic carbocycles. The van der Waals surface area contributed by atoms with Crippen LogP contribution in [0.3, 0.4) is 0 Å². The number of piperidine rings is 1. The second-order valence-corrected chi connectivity index (χ2v) is 10.4. The fourth-order valence-corrected chi connectivity index (χ4v) is 5.56. The molecule has 12 heteroatoms. The lowest BCUT2D eigenvalue weighted by Crippen LogP contribution is -2.38. The maximum Gasteiger partial charge on any atom is 0.270 e. The molecule has 3 aromatic rings. The zero-order chi connectivity index (χ0) is 26.7. The van der Waals surface area contributed by atoms with Crippen molar-refractivity contribution in [2.45, 2.75) is 83.2 Å². The van der Waals surface area contributed by atoms with Crippen molar-refractivity contribution in [3.05, 3.63) is 41.7 Å². The smallest absolute Gasteiger partial charge is 0.270 e. The third-order valence-electron chi connectivity index (χ3n) is 7.73. The first-order valence-electron chi connectivity index (χ1n) is 13.5. The van der Waals surface area contributed by atoms with Crippen LogP contribution in [0.25, 0.3) is 5.78 Å². The van der Waals surface area contributed by atoms with Crippen LogP contribution in [0.1, 0.15) is 86.2 Å². The van der Waals surface area contributed by atoms with Gasteiger partial charge in [-0.25, -0.2) is 23.3 Å². The van der Waals surface area contributed by atoms with Crippen molar-refractivity contribution in [1.29, 1.82) is 0 Å². The number of aromatic nitrogens is 6. The van der Waals surface area contributed by atoms with E-state index in [-0.39, 0.29) is 49.3 Å². The second kappa shape index (κ2) is 11.1. The lowest BCUT2D eigenvalue weighted by atomic mass is 9.81. The third kappa shape index (κ3) is 5.83. The van der Waals surface area contributed by atoms with Gasteiger partial charge in [-0.15, -0.1) is 0 Å². The number of aryl methyl sites for hydroxylation is 2. The number of amides is 2. The topological polar surface area (TPSA) is 119 Å². The first-order valence-corrected chi connectivity index (χ1v) is 13.5. The lowest BCUT2D eigenvalue weighted by Gasteiger charge is -2.33. The van der Waals surface area contributed by atoms with Crippen LogP contribution in [-0.4, -0.2) is 53.6 Å². The summed E-state index contributed by atoms with van der Waals surface area (Å²) >= 11 is 0. The van der Waals surface area contributed by atoms with Gasteiger partial charge in [0.05, 0.1) is 29.8 Å². The fraction of sp³-hybridized carbons (Fsp3) is 0.615. The molecule has 2 amide bonds. The molecule has 1 saturated heterocycles. The molecule has 3 aromatic heterocycles. The molecule has 2 fully saturated rings. The predicted molar refractivity (Wildman–Crippen MR) is 134 cm³/mol. The molecule has 1 aliphatic heterocycles. The number of halogens is 2. The quantitative estimate of drug-likeness (QED) is 0.439. The van der Waals surface area contributed by atoms with Gasteiger partial charge in [0.25, 0.3) is 11.7 Å². The van der Waals surface area contributed by atoms with Crippen molar-refractivity contribution in [2.75, 3.05) is 6.54 Å². The minimum Gasteiger partial charge on any atom is -0.356 e. The van der Waals surface area contributed by atoms with E-state index < -0.39 is 12.0 Å². The number of hydrogen-bond donors (Lipinski definition) is 2. The predicted octanol–water partition coefficient (Wildman–Crippen LogP) is 3.49. The van der Waals surface area contributed by atoms with E-state index in [0.29, 0.717) is 30.1 Å². The number of rotatable bonds is 9. The van der Waals surface area contributed by atoms with E-state index in [1.807, 2.05) is 6.92 Å². The van der Waals surface area contributed by atoms with Crippen LogP contribution in [-0.2, 0) is 17.8 Å². The Hall–Kier alpha value is -3.44. The van der Waals surface area contributed by atoms with Gasteiger partial charge in [0.1, 0.15) is 5.69 Å². The molecule has 0 bridgehead atoms. The van der Waals surface area contributed by atoms with Crippen LogP contribution in [0.15, 0.2) is 24.7 Å². The van der Waals surface area contributed by atoms with Crippen LogP contribution in [0.2, 0.25) is 0 Å². The summed E-state index contributed by atoms with van der Waals surface area (Å²) in [5.74, 6) is -2.63. The number of nitrogens with zero attached hydrogens (tertiary/aromatic N) is 6. The molecule has 10 nitrogen and oxygen atoms in total. The molecular formula is C26H34F2N8O2. The first kappa shape index (κ1) is 26.2. The molecule has 204 valence electrons. The van der Waals surface area contributed by atoms with Crippen LogP contribution >= 0.6 is 0 Å². The maximum absolute atomic E-state index is 13.9. The summed E-state index contributed by atoms with van der Waals surface area (Å²) in [6.07, 6.45) is 9.33. The lowest BCUT2D eigenvalue weighted by molar-refractivity contribution is -0.126. The van der Waals surface area contributed by atoms with E-state index in [9.17, 15) is 18.4 Å². The van der Waals surface area contributed by atoms with Gasteiger partial charge < -0.3 is 10.6 Å². The Balaban J connectivity index is 1.33. The van der Waals surface area contributed by atoms with Gasteiger partial charge in [0.15, 0.2) is 0 Å². The second-order valence-electron chi connectivity index (χ2n) is 10.4. The maximum atomic E-state index is 13.9. The van der Waals surface area contributed by atoms with Crippen molar-refractivity contribution >= 4 is 17.6 Å². The van der Waals surface area contributed by atoms with Crippen molar-refractivity contribution in [2.24, 2.45) is 11.8 Å². The number of carbonyl (C=O) groups excluding carboxylic acids is 2. The highest BCUT2D eigenvalue weighted by atomic mass is 19.3. The first-order chi connectivity index (χ1) is 18.3. The van der Waals surface area contributed by atoms with E-state index in [1.165, 1.54) is 0 Å². The zero-order valence-corrected chi connectivity index (χ0v) is 21.6. The highest BCUT2D eigenvalue weighted by Crippen LogP contribution is 2.41. The molecular weight excluding hydrogens is 494 g/mol. The van der Waals surface area contributed by atoms with E-state index in [1.54, 1.807) is 33.9 Å². The SMILES string of the molecule is CCn1nccc1C(=O)N[C@H](c1cn2nc(CCCC3CCCNC3=O)cnc2n1)C1CCC(F)(F)CC1. The van der Waals surface area contributed by atoms with Gasteiger partial charge in [0.2, 0.25) is 11.8 Å². The summed E-state index contributed by atoms with van der Waals surface area (Å²) in [6.45, 7) is 3.19. The highest BCUT2D eigenvalue weighted by Gasteiger charge is 2.39. The molecule has 2 atom stereocenters. The van der Waals surface area contributed by atoms with Crippen molar-refractivity contribution in [3.8, 4) is 0 Å². The van der Waals surface area contributed by atoms with Gasteiger partial charge in [-0.1, -0.05) is 0 Å². The standard InChI is InChI=1S/C26H34F2N8O2/c1-2-35-21(10-14-31-35)24(38)33-22(17-8-11-26(27,28)12-9-17)20-16-36-25(32-20)30-15-19(34-36)7-3-5-18-6-4-13-29-23(18)37/h10,14-18,22H,2-9,11-13H2,1H3,(H,29,37)(H,33,38)/t18?,22-/m0/s1. The molecule has 4 heterocycles. The minimum absolute atomic E-state index is 0.0524. The Kier molecular flexibility index (Phi) is 7.66. The van der Waals surface area contributed by atoms with E-state index in [2.05, 4.69) is 30.8 Å². The van der Waals surface area contributed by atoms with Crippen molar-refractivity contribution < 1.29 is 18.4 Å². The van der Waals surface area contributed by atoms with Gasteiger partial charge in [-0.05, 0) is 63.9 Å². The number of hydrogen-bond acceptors (Lipinski definition) is 6. The van der Waals surface area contributed by atoms with Gasteiger partial charge in [0, 0.05) is 38.0 Å². The molecule has 1 unspecified atom stereocenters. The van der Waals surface area contributed by atoms with Crippen LogP contribution in [0.5, 0.6) is 0 Å². The van der Waals surface area contributed by atoms with Crippen LogP contribution in [0, 0.1) is 11.8 Å². The number of alkyl halides is 2. The average molecular weight is 529 g/mol. The number of fused-ring (bicyclic) bond motifs is 1. The van der Waals surface area contributed by atoms with E-state index in [4.69, 9.17) is 0 Å². The molecule has 2 aliphatic rings. The molecule has 1 saturated carbocycles. The zero-order valence-electron chi connectivity index (χ0n) is 21.6. The summed E-state index contributed by atoms with van der Waals surface area (Å²) < 4.78 is 31.0. The van der Waals surface area contributed by atoms with Crippen molar-refractivity contribution in [3.63, 3.8) is 0 Å². The Morgan fingerprint density at radius 2 is 2.11 bits per heavy atom. The normalized spacial score (nSPS) is 20.8. The number of imidazole rings is 1. The van der Waals surface area contributed by atoms with Crippen LogP contribution in [0.4, 0.5) is 8.78 Å². The Labute approximate surface area is 219 Å². The third-order valence-corrected chi connectivity index (χ3v) is 7.73. The average Bonchev–Trinajstić information content (AvgIpc) is 3.55. The Morgan fingerprint density at radius 1 is 1.29 bits per heavy atom. The molecule has 2 N–H and O–H groups in total.